The van der Waals surface area contributed by atoms with Crippen LogP contribution in [0.4, 0.5) is 4.39 Å². The number of likely N-dealkylation sites (tertiary alicyclic amines) is 1. The van der Waals surface area contributed by atoms with Gasteiger partial charge in [0.05, 0.1) is 13.0 Å². The Morgan fingerprint density at radius 1 is 1.42 bits per heavy atom. The predicted molar refractivity (Wildman–Crippen MR) is 83.7 cm³/mol. The van der Waals surface area contributed by atoms with Crippen molar-refractivity contribution in [1.82, 2.24) is 15.0 Å². The highest BCUT2D eigenvalue weighted by atomic mass is 19.1. The molecule has 1 fully saturated rings. The van der Waals surface area contributed by atoms with E-state index in [1.807, 2.05) is 4.90 Å². The van der Waals surface area contributed by atoms with E-state index in [0.29, 0.717) is 23.8 Å². The Morgan fingerprint density at radius 3 is 2.79 bits per heavy atom. The Kier molecular flexibility index (Phi) is 4.89. The van der Waals surface area contributed by atoms with Crippen molar-refractivity contribution in [3.05, 3.63) is 47.4 Å². The van der Waals surface area contributed by atoms with Crippen LogP contribution >= 0.6 is 0 Å². The fourth-order valence-electron chi connectivity index (χ4n) is 3.17. The van der Waals surface area contributed by atoms with E-state index in [4.69, 9.17) is 9.26 Å². The van der Waals surface area contributed by atoms with Crippen molar-refractivity contribution in [3.8, 4) is 0 Å². The van der Waals surface area contributed by atoms with Crippen molar-refractivity contribution < 1.29 is 18.4 Å². The first-order chi connectivity index (χ1) is 11.6. The van der Waals surface area contributed by atoms with E-state index < -0.39 is 6.04 Å². The van der Waals surface area contributed by atoms with E-state index >= 15 is 0 Å². The average molecular weight is 333 g/mol. The molecule has 1 aromatic carbocycles. The maximum absolute atomic E-state index is 13.2. The van der Waals surface area contributed by atoms with E-state index in [-0.39, 0.29) is 17.7 Å². The molecule has 0 spiro atoms. The summed E-state index contributed by atoms with van der Waals surface area (Å²) in [5.74, 6) is 0.585. The first-order valence-corrected chi connectivity index (χ1v) is 7.96. The zero-order chi connectivity index (χ0) is 17.1. The lowest BCUT2D eigenvalue weighted by atomic mass is 9.94. The topological polar surface area (TPSA) is 68.5 Å². The molecule has 2 aromatic rings. The van der Waals surface area contributed by atoms with Crippen LogP contribution in [-0.4, -0.2) is 41.2 Å². The van der Waals surface area contributed by atoms with Gasteiger partial charge in [0, 0.05) is 6.54 Å². The Morgan fingerprint density at radius 2 is 2.17 bits per heavy atom. The number of piperidine rings is 1. The molecule has 24 heavy (non-hydrogen) atoms. The monoisotopic (exact) mass is 333 g/mol. The highest BCUT2D eigenvalue weighted by molar-refractivity contribution is 5.77. The van der Waals surface area contributed by atoms with E-state index in [0.717, 1.165) is 19.4 Å². The molecule has 0 amide bonds. The van der Waals surface area contributed by atoms with Gasteiger partial charge < -0.3 is 9.26 Å². The molecule has 1 aliphatic rings. The van der Waals surface area contributed by atoms with Gasteiger partial charge in [-0.1, -0.05) is 17.3 Å². The van der Waals surface area contributed by atoms with Crippen molar-refractivity contribution in [2.24, 2.45) is 0 Å². The zero-order valence-corrected chi connectivity index (χ0v) is 13.7. The fourth-order valence-corrected chi connectivity index (χ4v) is 3.17. The summed E-state index contributed by atoms with van der Waals surface area (Å²) in [6.07, 6.45) is 1.83. The summed E-state index contributed by atoms with van der Waals surface area (Å²) >= 11 is 0. The van der Waals surface area contributed by atoms with Crippen LogP contribution in [0.15, 0.2) is 28.8 Å². The summed E-state index contributed by atoms with van der Waals surface area (Å²) in [5, 5.41) is 3.84. The van der Waals surface area contributed by atoms with Crippen LogP contribution in [0, 0.1) is 12.7 Å². The third kappa shape index (κ3) is 3.46. The Bertz CT molecular complexity index is 701. The molecule has 2 heterocycles. The highest BCUT2D eigenvalue weighted by Crippen LogP contribution is 2.32. The second kappa shape index (κ2) is 7.09. The SMILES string of the molecule is COC(=O)[C@H](c1ccc(F)cc1)N1CCC[C@H](c2nc(C)no2)C1. The molecule has 0 bridgehead atoms. The number of hydrogen-bond donors (Lipinski definition) is 0. The number of hydrogen-bond acceptors (Lipinski definition) is 6. The van der Waals surface area contributed by atoms with Gasteiger partial charge in [-0.3, -0.25) is 4.90 Å². The molecule has 0 radical (unpaired) electrons. The minimum atomic E-state index is -0.567. The Balaban J connectivity index is 1.84. The molecule has 2 atom stereocenters. The maximum atomic E-state index is 13.2. The van der Waals surface area contributed by atoms with Crippen molar-refractivity contribution in [3.63, 3.8) is 0 Å². The zero-order valence-electron chi connectivity index (χ0n) is 13.7. The van der Waals surface area contributed by atoms with Crippen molar-refractivity contribution in [2.75, 3.05) is 20.2 Å². The van der Waals surface area contributed by atoms with Gasteiger partial charge in [-0.15, -0.1) is 0 Å². The van der Waals surface area contributed by atoms with Crippen molar-refractivity contribution in [2.45, 2.75) is 31.7 Å². The van der Waals surface area contributed by atoms with Crippen LogP contribution in [0.25, 0.3) is 0 Å². The number of carbonyl (C=O) groups is 1. The number of aromatic nitrogens is 2. The molecule has 1 aromatic heterocycles. The fraction of sp³-hybridized carbons (Fsp3) is 0.471. The van der Waals surface area contributed by atoms with E-state index in [1.54, 1.807) is 19.1 Å². The van der Waals surface area contributed by atoms with Crippen molar-refractivity contribution in [1.29, 1.82) is 0 Å². The van der Waals surface area contributed by atoms with Gasteiger partial charge in [0.1, 0.15) is 11.9 Å². The number of carbonyl (C=O) groups excluding carboxylic acids is 1. The average Bonchev–Trinajstić information content (AvgIpc) is 3.03. The van der Waals surface area contributed by atoms with E-state index in [1.165, 1.54) is 19.2 Å². The van der Waals surface area contributed by atoms with Gasteiger partial charge in [0.2, 0.25) is 5.89 Å². The van der Waals surface area contributed by atoms with Gasteiger partial charge in [-0.2, -0.15) is 4.98 Å². The number of benzene rings is 1. The Labute approximate surface area is 139 Å². The van der Waals surface area contributed by atoms with Crippen LogP contribution in [0.2, 0.25) is 0 Å². The number of methoxy groups -OCH3 is 1. The minimum absolute atomic E-state index is 0.0764. The molecule has 6 nitrogen and oxygen atoms in total. The quantitative estimate of drug-likeness (QED) is 0.801. The second-order valence-electron chi connectivity index (χ2n) is 5.99. The Hall–Kier alpha value is -2.28. The molecule has 0 aliphatic carbocycles. The number of ether oxygens (including phenoxy) is 1. The largest absolute Gasteiger partial charge is 0.468 e. The number of nitrogens with zero attached hydrogens (tertiary/aromatic N) is 3. The summed E-state index contributed by atoms with van der Waals surface area (Å²) < 4.78 is 23.5. The van der Waals surface area contributed by atoms with Crippen LogP contribution in [-0.2, 0) is 9.53 Å². The standard InChI is InChI=1S/C17H20FN3O3/c1-11-19-16(24-20-11)13-4-3-9-21(10-13)15(17(22)23-2)12-5-7-14(18)8-6-12/h5-8,13,15H,3-4,9-10H2,1-2H3/t13-,15-/m0/s1. The minimum Gasteiger partial charge on any atom is -0.468 e. The van der Waals surface area contributed by atoms with Gasteiger partial charge in [-0.05, 0) is 44.0 Å². The van der Waals surface area contributed by atoms with Gasteiger partial charge >= 0.3 is 5.97 Å². The molecule has 0 N–H and O–H groups in total. The summed E-state index contributed by atoms with van der Waals surface area (Å²) in [5.41, 5.74) is 0.714. The summed E-state index contributed by atoms with van der Waals surface area (Å²) in [6.45, 7) is 3.14. The maximum Gasteiger partial charge on any atom is 0.327 e. The molecule has 128 valence electrons. The molecular formula is C17H20FN3O3. The predicted octanol–water partition coefficient (Wildman–Crippen LogP) is 2.61. The lowest BCUT2D eigenvalue weighted by molar-refractivity contribution is -0.148. The number of aryl methyl sites for hydroxylation is 1. The van der Waals surface area contributed by atoms with Crippen molar-refractivity contribution >= 4 is 5.97 Å². The first-order valence-electron chi connectivity index (χ1n) is 7.96. The van der Waals surface area contributed by atoms with Crippen LogP contribution < -0.4 is 0 Å². The third-order valence-corrected chi connectivity index (χ3v) is 4.32. The highest BCUT2D eigenvalue weighted by Gasteiger charge is 2.34. The van der Waals surface area contributed by atoms with Gasteiger partial charge in [-0.25, -0.2) is 9.18 Å². The number of halogens is 1. The molecule has 3 rings (SSSR count). The summed E-state index contributed by atoms with van der Waals surface area (Å²) in [4.78, 5) is 18.7. The molecular weight excluding hydrogens is 313 g/mol. The van der Waals surface area contributed by atoms with E-state index in [2.05, 4.69) is 10.1 Å². The second-order valence-corrected chi connectivity index (χ2v) is 5.99. The summed E-state index contributed by atoms with van der Waals surface area (Å²) in [6, 6.07) is 5.39. The van der Waals surface area contributed by atoms with Crippen LogP contribution in [0.3, 0.4) is 0 Å². The smallest absolute Gasteiger partial charge is 0.327 e. The summed E-state index contributed by atoms with van der Waals surface area (Å²) in [7, 11) is 1.36. The van der Waals surface area contributed by atoms with E-state index in [9.17, 15) is 9.18 Å². The molecule has 0 saturated carbocycles. The lowest BCUT2D eigenvalue weighted by Crippen LogP contribution is -2.41. The van der Waals surface area contributed by atoms with Gasteiger partial charge in [0.25, 0.3) is 0 Å². The van der Waals surface area contributed by atoms with Gasteiger partial charge in [0.15, 0.2) is 5.82 Å². The first kappa shape index (κ1) is 16.6. The third-order valence-electron chi connectivity index (χ3n) is 4.32. The normalized spacial score (nSPS) is 19.9. The molecule has 0 unspecified atom stereocenters. The number of rotatable bonds is 4. The molecule has 7 heteroatoms. The molecule has 1 aliphatic heterocycles. The van der Waals surface area contributed by atoms with Crippen LogP contribution in [0.1, 0.15) is 42.1 Å². The van der Waals surface area contributed by atoms with Crippen LogP contribution in [0.5, 0.6) is 0 Å². The molecule has 1 saturated heterocycles. The lowest BCUT2D eigenvalue weighted by Gasteiger charge is -2.35. The number of esters is 1.